The molecule has 2 aromatic rings. The van der Waals surface area contributed by atoms with Gasteiger partial charge in [0, 0.05) is 19.4 Å². The number of aryl methyl sites for hydroxylation is 2. The standard InChI is InChI=1S/C9H13N5/c1-7-5-8(13(2)12-7)6-14-4-3-11-9(14)10/h3-5H,6H2,1-2H3,(H2,10,11). The van der Waals surface area contributed by atoms with Crippen molar-refractivity contribution < 1.29 is 0 Å². The first-order chi connectivity index (χ1) is 6.66. The van der Waals surface area contributed by atoms with E-state index in [0.29, 0.717) is 12.5 Å². The summed E-state index contributed by atoms with van der Waals surface area (Å²) >= 11 is 0. The number of rotatable bonds is 2. The highest BCUT2D eigenvalue weighted by Crippen LogP contribution is 2.07. The molecule has 2 N–H and O–H groups in total. The van der Waals surface area contributed by atoms with E-state index >= 15 is 0 Å². The molecule has 74 valence electrons. The van der Waals surface area contributed by atoms with Crippen LogP contribution in [0.15, 0.2) is 18.5 Å². The van der Waals surface area contributed by atoms with Gasteiger partial charge in [-0.15, -0.1) is 0 Å². The van der Waals surface area contributed by atoms with Crippen molar-refractivity contribution in [1.29, 1.82) is 0 Å². The van der Waals surface area contributed by atoms with Gasteiger partial charge in [-0.3, -0.25) is 4.68 Å². The third-order valence-corrected chi connectivity index (χ3v) is 2.18. The summed E-state index contributed by atoms with van der Waals surface area (Å²) in [6.07, 6.45) is 3.55. The maximum atomic E-state index is 5.67. The molecule has 0 saturated carbocycles. The van der Waals surface area contributed by atoms with E-state index in [1.54, 1.807) is 6.20 Å². The van der Waals surface area contributed by atoms with Crippen LogP contribution in [-0.4, -0.2) is 19.3 Å². The van der Waals surface area contributed by atoms with Crippen LogP contribution in [0.25, 0.3) is 0 Å². The number of imidazole rings is 1. The Hall–Kier alpha value is -1.78. The molecular formula is C9H13N5. The molecule has 0 aliphatic rings. The molecule has 0 radical (unpaired) electrons. The van der Waals surface area contributed by atoms with Crippen molar-refractivity contribution >= 4 is 5.95 Å². The Morgan fingerprint density at radius 3 is 2.79 bits per heavy atom. The first-order valence-corrected chi connectivity index (χ1v) is 4.43. The van der Waals surface area contributed by atoms with Gasteiger partial charge in [0.25, 0.3) is 0 Å². The summed E-state index contributed by atoms with van der Waals surface area (Å²) in [6.45, 7) is 2.68. The first kappa shape index (κ1) is 8.80. The van der Waals surface area contributed by atoms with E-state index in [0.717, 1.165) is 11.4 Å². The van der Waals surface area contributed by atoms with Crippen LogP contribution in [0.4, 0.5) is 5.95 Å². The van der Waals surface area contributed by atoms with Crippen LogP contribution in [0, 0.1) is 6.92 Å². The lowest BCUT2D eigenvalue weighted by molar-refractivity contribution is 0.667. The highest BCUT2D eigenvalue weighted by Gasteiger charge is 2.04. The topological polar surface area (TPSA) is 61.7 Å². The number of hydrogen-bond donors (Lipinski definition) is 1. The number of nitrogen functional groups attached to an aromatic ring is 1. The second-order valence-electron chi connectivity index (χ2n) is 3.31. The van der Waals surface area contributed by atoms with Crippen molar-refractivity contribution in [2.45, 2.75) is 13.5 Å². The number of anilines is 1. The molecule has 0 spiro atoms. The number of nitrogens with zero attached hydrogens (tertiary/aromatic N) is 4. The predicted octanol–water partition coefficient (Wildman–Crippen LogP) is 0.556. The molecule has 0 aromatic carbocycles. The molecule has 0 atom stereocenters. The van der Waals surface area contributed by atoms with Crippen LogP contribution in [0.3, 0.4) is 0 Å². The molecule has 2 rings (SSSR count). The Labute approximate surface area is 82.2 Å². The minimum atomic E-state index is 0.531. The predicted molar refractivity (Wildman–Crippen MR) is 53.7 cm³/mol. The van der Waals surface area contributed by atoms with Gasteiger partial charge in [0.05, 0.1) is 17.9 Å². The van der Waals surface area contributed by atoms with Crippen molar-refractivity contribution in [3.05, 3.63) is 29.8 Å². The monoisotopic (exact) mass is 191 g/mol. The molecule has 5 nitrogen and oxygen atoms in total. The smallest absolute Gasteiger partial charge is 0.200 e. The normalized spacial score (nSPS) is 10.7. The zero-order valence-corrected chi connectivity index (χ0v) is 8.31. The number of hydrogen-bond acceptors (Lipinski definition) is 3. The van der Waals surface area contributed by atoms with Crippen molar-refractivity contribution in [3.8, 4) is 0 Å². The highest BCUT2D eigenvalue weighted by molar-refractivity contribution is 5.19. The van der Waals surface area contributed by atoms with Crippen molar-refractivity contribution in [2.24, 2.45) is 7.05 Å². The third-order valence-electron chi connectivity index (χ3n) is 2.18. The molecule has 0 fully saturated rings. The minimum Gasteiger partial charge on any atom is -0.369 e. The summed E-state index contributed by atoms with van der Waals surface area (Å²) < 4.78 is 3.74. The van der Waals surface area contributed by atoms with E-state index in [4.69, 9.17) is 5.73 Å². The second kappa shape index (κ2) is 3.17. The largest absolute Gasteiger partial charge is 0.369 e. The molecule has 5 heteroatoms. The second-order valence-corrected chi connectivity index (χ2v) is 3.31. The van der Waals surface area contributed by atoms with E-state index in [-0.39, 0.29) is 0 Å². The fourth-order valence-electron chi connectivity index (χ4n) is 1.46. The van der Waals surface area contributed by atoms with Crippen LogP contribution in [-0.2, 0) is 13.6 Å². The summed E-state index contributed by atoms with van der Waals surface area (Å²) in [5.74, 6) is 0.531. The molecule has 0 aliphatic carbocycles. The van der Waals surface area contributed by atoms with Crippen LogP contribution >= 0.6 is 0 Å². The van der Waals surface area contributed by atoms with Gasteiger partial charge in [0.15, 0.2) is 5.95 Å². The Kier molecular flexibility index (Phi) is 1.99. The highest BCUT2D eigenvalue weighted by atomic mass is 15.3. The fourth-order valence-corrected chi connectivity index (χ4v) is 1.46. The lowest BCUT2D eigenvalue weighted by Gasteiger charge is -2.04. The first-order valence-electron chi connectivity index (χ1n) is 4.43. The summed E-state index contributed by atoms with van der Waals surface area (Å²) in [5, 5.41) is 4.26. The van der Waals surface area contributed by atoms with Gasteiger partial charge < -0.3 is 10.3 Å². The maximum Gasteiger partial charge on any atom is 0.200 e. The molecule has 0 amide bonds. The molecule has 2 aromatic heterocycles. The zero-order chi connectivity index (χ0) is 10.1. The average molecular weight is 191 g/mol. The van der Waals surface area contributed by atoms with Crippen LogP contribution < -0.4 is 5.73 Å². The number of nitrogens with two attached hydrogens (primary N) is 1. The van der Waals surface area contributed by atoms with Crippen molar-refractivity contribution in [3.63, 3.8) is 0 Å². The van der Waals surface area contributed by atoms with E-state index in [1.165, 1.54) is 0 Å². The molecule has 14 heavy (non-hydrogen) atoms. The SMILES string of the molecule is Cc1cc(Cn2ccnc2N)n(C)n1. The molecule has 0 saturated heterocycles. The Morgan fingerprint density at radius 2 is 2.29 bits per heavy atom. The lowest BCUT2D eigenvalue weighted by Crippen LogP contribution is -2.07. The lowest BCUT2D eigenvalue weighted by atomic mass is 10.3. The zero-order valence-electron chi connectivity index (χ0n) is 8.31. The van der Waals surface area contributed by atoms with E-state index in [9.17, 15) is 0 Å². The molecule has 0 unspecified atom stereocenters. The minimum absolute atomic E-state index is 0.531. The molecule has 2 heterocycles. The van der Waals surface area contributed by atoms with Crippen LogP contribution in [0.2, 0.25) is 0 Å². The molecular weight excluding hydrogens is 178 g/mol. The van der Waals surface area contributed by atoms with Gasteiger partial charge in [0.2, 0.25) is 0 Å². The van der Waals surface area contributed by atoms with Crippen LogP contribution in [0.1, 0.15) is 11.4 Å². The van der Waals surface area contributed by atoms with Crippen molar-refractivity contribution in [1.82, 2.24) is 19.3 Å². The van der Waals surface area contributed by atoms with E-state index < -0.39 is 0 Å². The van der Waals surface area contributed by atoms with E-state index in [1.807, 2.05) is 35.5 Å². The Morgan fingerprint density at radius 1 is 1.50 bits per heavy atom. The van der Waals surface area contributed by atoms with Gasteiger partial charge in [0.1, 0.15) is 0 Å². The molecule has 0 bridgehead atoms. The maximum absolute atomic E-state index is 5.67. The van der Waals surface area contributed by atoms with Gasteiger partial charge in [-0.2, -0.15) is 5.10 Å². The van der Waals surface area contributed by atoms with E-state index in [2.05, 4.69) is 10.1 Å². The Balaban J connectivity index is 2.27. The third kappa shape index (κ3) is 1.48. The van der Waals surface area contributed by atoms with Crippen LogP contribution in [0.5, 0.6) is 0 Å². The average Bonchev–Trinajstić information content (AvgIpc) is 2.62. The van der Waals surface area contributed by atoms with Gasteiger partial charge >= 0.3 is 0 Å². The molecule has 0 aliphatic heterocycles. The summed E-state index contributed by atoms with van der Waals surface area (Å²) in [4.78, 5) is 3.96. The Bertz CT molecular complexity index is 440. The quantitative estimate of drug-likeness (QED) is 0.754. The van der Waals surface area contributed by atoms with Gasteiger partial charge in [-0.1, -0.05) is 0 Å². The van der Waals surface area contributed by atoms with Crippen molar-refractivity contribution in [2.75, 3.05) is 5.73 Å². The summed E-state index contributed by atoms with van der Waals surface area (Å²) in [7, 11) is 1.93. The summed E-state index contributed by atoms with van der Waals surface area (Å²) in [5.41, 5.74) is 7.80. The fraction of sp³-hybridized carbons (Fsp3) is 0.333. The van der Waals surface area contributed by atoms with Gasteiger partial charge in [-0.05, 0) is 13.0 Å². The van der Waals surface area contributed by atoms with Gasteiger partial charge in [-0.25, -0.2) is 4.98 Å². The summed E-state index contributed by atoms with van der Waals surface area (Å²) in [6, 6.07) is 2.04. The number of aromatic nitrogens is 4.